The first-order chi connectivity index (χ1) is 14.6. The van der Waals surface area contributed by atoms with Crippen molar-refractivity contribution in [2.75, 3.05) is 20.2 Å². The molecule has 1 aromatic carbocycles. The van der Waals surface area contributed by atoms with Crippen molar-refractivity contribution in [1.82, 2.24) is 20.5 Å². The van der Waals surface area contributed by atoms with Crippen LogP contribution in [0.15, 0.2) is 48.7 Å². The van der Waals surface area contributed by atoms with Gasteiger partial charge in [0.25, 0.3) is 5.91 Å². The smallest absolute Gasteiger partial charge is 0.325 e. The lowest BCUT2D eigenvalue weighted by atomic mass is 9.74. The summed E-state index contributed by atoms with van der Waals surface area (Å²) in [6.07, 6.45) is 4.69. The van der Waals surface area contributed by atoms with Crippen LogP contribution in [0.3, 0.4) is 0 Å². The monoisotopic (exact) mass is 408 g/mol. The maximum absolute atomic E-state index is 13.7. The maximum atomic E-state index is 13.7. The number of hydrogen-bond acceptors (Lipinski definition) is 5. The maximum Gasteiger partial charge on any atom is 0.325 e. The lowest BCUT2D eigenvalue weighted by molar-refractivity contribution is -0.134. The van der Waals surface area contributed by atoms with E-state index in [9.17, 15) is 9.59 Å². The number of aryl methyl sites for hydroxylation is 1. The van der Waals surface area contributed by atoms with Crippen molar-refractivity contribution in [3.63, 3.8) is 0 Å². The van der Waals surface area contributed by atoms with Gasteiger partial charge in [-0.3, -0.25) is 14.7 Å². The minimum atomic E-state index is -0.867. The van der Waals surface area contributed by atoms with Crippen LogP contribution in [-0.2, 0) is 17.8 Å². The van der Waals surface area contributed by atoms with Crippen molar-refractivity contribution >= 4 is 11.9 Å². The summed E-state index contributed by atoms with van der Waals surface area (Å²) < 4.78 is 5.25. The molecular weight excluding hydrogens is 380 g/mol. The number of aromatic nitrogens is 1. The molecule has 7 nitrogen and oxygen atoms in total. The fraction of sp³-hybridized carbons (Fsp3) is 0.435. The van der Waals surface area contributed by atoms with Crippen LogP contribution in [0, 0.1) is 5.92 Å². The molecule has 3 amide bonds. The Balaban J connectivity index is 1.59. The Morgan fingerprint density at radius 1 is 1.17 bits per heavy atom. The summed E-state index contributed by atoms with van der Waals surface area (Å²) in [6, 6.07) is 13.3. The SMILES string of the molecule is COc1ccnc(CN2C(=O)N[C@@](CCc3ccccc3)(C3CCNCC3)C2=O)c1. The molecule has 3 heterocycles. The van der Waals surface area contributed by atoms with Crippen LogP contribution in [0.5, 0.6) is 5.75 Å². The highest BCUT2D eigenvalue weighted by atomic mass is 16.5. The van der Waals surface area contributed by atoms with E-state index in [1.165, 1.54) is 10.5 Å². The second kappa shape index (κ2) is 8.83. The summed E-state index contributed by atoms with van der Waals surface area (Å²) in [4.78, 5) is 32.2. The summed E-state index contributed by atoms with van der Waals surface area (Å²) in [7, 11) is 1.58. The third-order valence-electron chi connectivity index (χ3n) is 6.23. The molecule has 2 aliphatic heterocycles. The van der Waals surface area contributed by atoms with Gasteiger partial charge in [-0.15, -0.1) is 0 Å². The number of nitrogens with zero attached hydrogens (tertiary/aromatic N) is 2. The molecule has 0 saturated carbocycles. The van der Waals surface area contributed by atoms with E-state index in [1.54, 1.807) is 25.4 Å². The second-order valence-electron chi connectivity index (χ2n) is 7.99. The Kier molecular flexibility index (Phi) is 5.99. The highest BCUT2D eigenvalue weighted by molar-refractivity contribution is 6.07. The lowest BCUT2D eigenvalue weighted by Gasteiger charge is -2.38. The Labute approximate surface area is 176 Å². The number of piperidine rings is 1. The summed E-state index contributed by atoms with van der Waals surface area (Å²) in [5, 5.41) is 6.46. The van der Waals surface area contributed by atoms with E-state index in [4.69, 9.17) is 4.74 Å². The van der Waals surface area contributed by atoms with Crippen molar-refractivity contribution in [2.24, 2.45) is 5.92 Å². The van der Waals surface area contributed by atoms with Crippen molar-refractivity contribution < 1.29 is 14.3 Å². The molecule has 0 aliphatic carbocycles. The number of pyridine rings is 1. The molecule has 0 spiro atoms. The van der Waals surface area contributed by atoms with Crippen LogP contribution < -0.4 is 15.4 Å². The van der Waals surface area contributed by atoms with E-state index in [0.29, 0.717) is 17.9 Å². The number of hydrogen-bond donors (Lipinski definition) is 2. The average Bonchev–Trinajstić information content (AvgIpc) is 3.04. The molecule has 2 aliphatic rings. The molecule has 2 saturated heterocycles. The number of methoxy groups -OCH3 is 1. The second-order valence-corrected chi connectivity index (χ2v) is 7.99. The zero-order chi connectivity index (χ0) is 21.0. The number of urea groups is 1. The van der Waals surface area contributed by atoms with E-state index >= 15 is 0 Å². The summed E-state index contributed by atoms with van der Waals surface area (Å²) >= 11 is 0. The number of amides is 3. The van der Waals surface area contributed by atoms with Gasteiger partial charge in [0.1, 0.15) is 11.3 Å². The number of carbonyl (C=O) groups excluding carboxylic acids is 2. The van der Waals surface area contributed by atoms with E-state index in [2.05, 4.69) is 27.8 Å². The fourth-order valence-corrected chi connectivity index (χ4v) is 4.57. The zero-order valence-corrected chi connectivity index (χ0v) is 17.3. The first-order valence-corrected chi connectivity index (χ1v) is 10.5. The zero-order valence-electron chi connectivity index (χ0n) is 17.3. The van der Waals surface area contributed by atoms with Crippen molar-refractivity contribution in [3.8, 4) is 5.75 Å². The van der Waals surface area contributed by atoms with Crippen molar-refractivity contribution in [3.05, 3.63) is 59.9 Å². The minimum Gasteiger partial charge on any atom is -0.497 e. The van der Waals surface area contributed by atoms with Crippen LogP contribution >= 0.6 is 0 Å². The van der Waals surface area contributed by atoms with Crippen molar-refractivity contribution in [2.45, 2.75) is 37.8 Å². The minimum absolute atomic E-state index is 0.113. The Morgan fingerprint density at radius 2 is 1.93 bits per heavy atom. The molecule has 0 bridgehead atoms. The number of carbonyl (C=O) groups is 2. The molecule has 2 fully saturated rings. The van der Waals surface area contributed by atoms with Crippen LogP contribution in [0.25, 0.3) is 0 Å². The number of benzene rings is 1. The molecule has 0 radical (unpaired) electrons. The van der Waals surface area contributed by atoms with Gasteiger partial charge in [0.2, 0.25) is 0 Å². The molecule has 0 unspecified atom stereocenters. The normalized spacial score (nSPS) is 22.2. The average molecular weight is 409 g/mol. The number of rotatable bonds is 7. The van der Waals surface area contributed by atoms with E-state index in [-0.39, 0.29) is 24.4 Å². The summed E-state index contributed by atoms with van der Waals surface area (Å²) in [6.45, 7) is 1.86. The number of imide groups is 1. The molecule has 1 aromatic heterocycles. The Morgan fingerprint density at radius 3 is 2.67 bits per heavy atom. The van der Waals surface area contributed by atoms with E-state index in [1.807, 2.05) is 18.2 Å². The highest BCUT2D eigenvalue weighted by Gasteiger charge is 2.55. The molecule has 7 heteroatoms. The lowest BCUT2D eigenvalue weighted by Crippen LogP contribution is -2.56. The van der Waals surface area contributed by atoms with Gasteiger partial charge in [-0.1, -0.05) is 30.3 Å². The number of nitrogens with one attached hydrogen (secondary N) is 2. The molecule has 1 atom stereocenters. The third-order valence-corrected chi connectivity index (χ3v) is 6.23. The molecule has 158 valence electrons. The van der Waals surface area contributed by atoms with Crippen LogP contribution in [-0.4, -0.2) is 47.6 Å². The summed E-state index contributed by atoms with van der Waals surface area (Å²) in [5.74, 6) is 0.628. The van der Waals surface area contributed by atoms with Gasteiger partial charge >= 0.3 is 6.03 Å². The largest absolute Gasteiger partial charge is 0.497 e. The Bertz CT molecular complexity index is 898. The van der Waals surface area contributed by atoms with Crippen molar-refractivity contribution in [1.29, 1.82) is 0 Å². The molecule has 2 N–H and O–H groups in total. The molecule has 30 heavy (non-hydrogen) atoms. The van der Waals surface area contributed by atoms with Crippen LogP contribution in [0.4, 0.5) is 4.79 Å². The van der Waals surface area contributed by atoms with Gasteiger partial charge < -0.3 is 15.4 Å². The van der Waals surface area contributed by atoms with Gasteiger partial charge in [-0.25, -0.2) is 4.79 Å². The standard InChI is InChI=1S/C23H28N4O3/c1-30-20-10-14-25-19(15-20)16-27-21(28)23(26-22(27)29,18-8-12-24-13-9-18)11-7-17-5-3-2-4-6-17/h2-6,10,14-15,18,24H,7-9,11-13,16H2,1H3,(H,26,29)/t23-/m0/s1. The van der Waals surface area contributed by atoms with E-state index < -0.39 is 5.54 Å². The van der Waals surface area contributed by atoms with Gasteiger partial charge in [-0.2, -0.15) is 0 Å². The van der Waals surface area contributed by atoms with Gasteiger partial charge in [0.05, 0.1) is 19.3 Å². The van der Waals surface area contributed by atoms with Crippen LogP contribution in [0.2, 0.25) is 0 Å². The fourth-order valence-electron chi connectivity index (χ4n) is 4.57. The third kappa shape index (κ3) is 4.03. The van der Waals surface area contributed by atoms with Gasteiger partial charge in [0.15, 0.2) is 0 Å². The van der Waals surface area contributed by atoms with Gasteiger partial charge in [0, 0.05) is 12.3 Å². The van der Waals surface area contributed by atoms with Gasteiger partial charge in [-0.05, 0) is 56.3 Å². The number of ether oxygens (including phenoxy) is 1. The Hall–Kier alpha value is -2.93. The molecular formula is C23H28N4O3. The van der Waals surface area contributed by atoms with Crippen LogP contribution in [0.1, 0.15) is 30.5 Å². The summed E-state index contributed by atoms with van der Waals surface area (Å²) in [5.41, 5.74) is 0.927. The topological polar surface area (TPSA) is 83.6 Å². The molecule has 4 rings (SSSR count). The quantitative estimate of drug-likeness (QED) is 0.688. The van der Waals surface area contributed by atoms with E-state index in [0.717, 1.165) is 32.4 Å². The highest BCUT2D eigenvalue weighted by Crippen LogP contribution is 2.36. The predicted octanol–water partition coefficient (Wildman–Crippen LogP) is 2.51. The predicted molar refractivity (Wildman–Crippen MR) is 113 cm³/mol. The first kappa shape index (κ1) is 20.3. The molecule has 2 aromatic rings. The first-order valence-electron chi connectivity index (χ1n) is 10.5.